The van der Waals surface area contributed by atoms with Crippen LogP contribution in [0.15, 0.2) is 30.5 Å². The lowest BCUT2D eigenvalue weighted by atomic mass is 10.1. The number of amides is 1. The first-order valence-corrected chi connectivity index (χ1v) is 9.32. The standard InChI is InChI=1S/C21H26N4O2/c1-5-19(21(27)22-11-10-16-13(2)23-24-14(16)3)25-12-18(15(4)26)17-8-6-7-9-20(17)25/h6-9,12,19H,5,10-11H2,1-4H3,(H,22,27)(H,23,24). The van der Waals surface area contributed by atoms with E-state index in [1.165, 1.54) is 0 Å². The minimum Gasteiger partial charge on any atom is -0.354 e. The van der Waals surface area contributed by atoms with Crippen LogP contribution in [0.5, 0.6) is 0 Å². The van der Waals surface area contributed by atoms with Gasteiger partial charge in [-0.1, -0.05) is 25.1 Å². The van der Waals surface area contributed by atoms with E-state index in [0.29, 0.717) is 18.5 Å². The molecule has 0 saturated carbocycles. The van der Waals surface area contributed by atoms with Gasteiger partial charge >= 0.3 is 0 Å². The quantitative estimate of drug-likeness (QED) is 0.628. The molecule has 1 aromatic carbocycles. The first-order valence-electron chi connectivity index (χ1n) is 9.32. The number of nitrogens with zero attached hydrogens (tertiary/aromatic N) is 2. The number of aromatic amines is 1. The Labute approximate surface area is 159 Å². The summed E-state index contributed by atoms with van der Waals surface area (Å²) in [7, 11) is 0. The Morgan fingerprint density at radius 2 is 2.00 bits per heavy atom. The van der Waals surface area contributed by atoms with Crippen molar-refractivity contribution in [3.05, 3.63) is 53.0 Å². The molecule has 0 spiro atoms. The number of aromatic nitrogens is 3. The molecule has 6 heteroatoms. The van der Waals surface area contributed by atoms with Crippen molar-refractivity contribution in [1.29, 1.82) is 0 Å². The van der Waals surface area contributed by atoms with E-state index in [2.05, 4.69) is 15.5 Å². The van der Waals surface area contributed by atoms with Gasteiger partial charge in [0.05, 0.1) is 5.69 Å². The van der Waals surface area contributed by atoms with Gasteiger partial charge in [-0.05, 0) is 45.2 Å². The fourth-order valence-corrected chi connectivity index (χ4v) is 3.62. The molecule has 0 fully saturated rings. The third-order valence-corrected chi connectivity index (χ3v) is 5.10. The van der Waals surface area contributed by atoms with Crippen molar-refractivity contribution in [1.82, 2.24) is 20.1 Å². The highest BCUT2D eigenvalue weighted by atomic mass is 16.2. The van der Waals surface area contributed by atoms with Gasteiger partial charge in [0.25, 0.3) is 0 Å². The van der Waals surface area contributed by atoms with Gasteiger partial charge in [0, 0.05) is 34.9 Å². The third kappa shape index (κ3) is 3.65. The zero-order valence-corrected chi connectivity index (χ0v) is 16.3. The highest BCUT2D eigenvalue weighted by molar-refractivity contribution is 6.07. The van der Waals surface area contributed by atoms with E-state index in [0.717, 1.165) is 34.3 Å². The Hall–Kier alpha value is -2.89. The molecular formula is C21H26N4O2. The number of Topliss-reactive ketones (excluding diaryl/α,β-unsaturated/α-hetero) is 1. The maximum atomic E-state index is 12.9. The van der Waals surface area contributed by atoms with E-state index in [1.807, 2.05) is 55.8 Å². The Kier molecular flexibility index (Phi) is 5.44. The summed E-state index contributed by atoms with van der Waals surface area (Å²) in [4.78, 5) is 24.9. The number of nitrogens with one attached hydrogen (secondary N) is 2. The zero-order valence-electron chi connectivity index (χ0n) is 16.3. The predicted octanol–water partition coefficient (Wildman–Crippen LogP) is 3.49. The van der Waals surface area contributed by atoms with Crippen LogP contribution in [0.3, 0.4) is 0 Å². The molecule has 3 aromatic rings. The number of rotatable bonds is 7. The molecule has 0 saturated heterocycles. The topological polar surface area (TPSA) is 79.8 Å². The molecule has 0 radical (unpaired) electrons. The molecule has 6 nitrogen and oxygen atoms in total. The van der Waals surface area contributed by atoms with Gasteiger partial charge in [-0.15, -0.1) is 0 Å². The van der Waals surface area contributed by atoms with Crippen molar-refractivity contribution >= 4 is 22.6 Å². The average Bonchev–Trinajstić information content (AvgIpc) is 3.18. The van der Waals surface area contributed by atoms with E-state index in [1.54, 1.807) is 6.92 Å². The number of carbonyl (C=O) groups is 2. The van der Waals surface area contributed by atoms with E-state index < -0.39 is 0 Å². The van der Waals surface area contributed by atoms with Crippen molar-refractivity contribution in [3.63, 3.8) is 0 Å². The van der Waals surface area contributed by atoms with Crippen molar-refractivity contribution in [3.8, 4) is 0 Å². The second kappa shape index (κ2) is 7.78. The Morgan fingerprint density at radius 1 is 1.26 bits per heavy atom. The van der Waals surface area contributed by atoms with E-state index in [-0.39, 0.29) is 17.7 Å². The van der Waals surface area contributed by atoms with Gasteiger partial charge in [-0.25, -0.2) is 0 Å². The number of fused-ring (bicyclic) bond motifs is 1. The van der Waals surface area contributed by atoms with Gasteiger partial charge in [0.2, 0.25) is 5.91 Å². The number of hydrogen-bond donors (Lipinski definition) is 2. The Balaban J connectivity index is 1.79. The number of ketones is 1. The lowest BCUT2D eigenvalue weighted by Crippen LogP contribution is -2.33. The molecule has 1 atom stereocenters. The van der Waals surface area contributed by atoms with Gasteiger partial charge in [0.1, 0.15) is 6.04 Å². The van der Waals surface area contributed by atoms with E-state index in [4.69, 9.17) is 0 Å². The van der Waals surface area contributed by atoms with Crippen LogP contribution in [0.4, 0.5) is 0 Å². The van der Waals surface area contributed by atoms with Crippen LogP contribution in [-0.4, -0.2) is 33.0 Å². The average molecular weight is 366 g/mol. The molecule has 2 aromatic heterocycles. The molecule has 2 N–H and O–H groups in total. The molecule has 1 unspecified atom stereocenters. The number of hydrogen-bond acceptors (Lipinski definition) is 3. The SMILES string of the molecule is CCC(C(=O)NCCc1c(C)n[nH]c1C)n1cc(C(C)=O)c2ccccc21. The zero-order chi connectivity index (χ0) is 19.6. The molecule has 2 heterocycles. The summed E-state index contributed by atoms with van der Waals surface area (Å²) in [6, 6.07) is 7.37. The fraction of sp³-hybridized carbons (Fsp3) is 0.381. The van der Waals surface area contributed by atoms with Crippen LogP contribution < -0.4 is 5.32 Å². The molecule has 0 aliphatic heterocycles. The summed E-state index contributed by atoms with van der Waals surface area (Å²) < 4.78 is 1.93. The fourth-order valence-electron chi connectivity index (χ4n) is 3.62. The molecule has 0 aliphatic rings. The first kappa shape index (κ1) is 18.9. The van der Waals surface area contributed by atoms with Crippen LogP contribution >= 0.6 is 0 Å². The predicted molar refractivity (Wildman–Crippen MR) is 106 cm³/mol. The molecule has 3 rings (SSSR count). The Bertz CT molecular complexity index is 964. The monoisotopic (exact) mass is 366 g/mol. The lowest BCUT2D eigenvalue weighted by molar-refractivity contribution is -0.124. The minimum absolute atomic E-state index is 0.00567. The Morgan fingerprint density at radius 3 is 2.63 bits per heavy atom. The number of benzene rings is 1. The number of carbonyl (C=O) groups excluding carboxylic acids is 2. The van der Waals surface area contributed by atoms with Crippen LogP contribution in [0.2, 0.25) is 0 Å². The number of aryl methyl sites for hydroxylation is 2. The van der Waals surface area contributed by atoms with Gasteiger partial charge in [-0.3, -0.25) is 14.7 Å². The molecule has 0 bridgehead atoms. The molecular weight excluding hydrogens is 340 g/mol. The maximum Gasteiger partial charge on any atom is 0.243 e. The lowest BCUT2D eigenvalue weighted by Gasteiger charge is -2.18. The van der Waals surface area contributed by atoms with Crippen molar-refractivity contribution < 1.29 is 9.59 Å². The highest BCUT2D eigenvalue weighted by Gasteiger charge is 2.22. The highest BCUT2D eigenvalue weighted by Crippen LogP contribution is 2.26. The van der Waals surface area contributed by atoms with Crippen molar-refractivity contribution in [2.45, 2.75) is 46.6 Å². The van der Waals surface area contributed by atoms with Gasteiger partial charge < -0.3 is 9.88 Å². The normalized spacial score (nSPS) is 12.3. The summed E-state index contributed by atoms with van der Waals surface area (Å²) in [5, 5.41) is 11.1. The van der Waals surface area contributed by atoms with Crippen LogP contribution in [0.1, 0.15) is 53.6 Å². The minimum atomic E-state index is -0.352. The first-order chi connectivity index (χ1) is 12.9. The smallest absolute Gasteiger partial charge is 0.243 e. The number of para-hydroxylation sites is 1. The largest absolute Gasteiger partial charge is 0.354 e. The second-order valence-electron chi connectivity index (χ2n) is 6.90. The number of H-pyrrole nitrogens is 1. The van der Waals surface area contributed by atoms with Crippen LogP contribution in [0.25, 0.3) is 10.9 Å². The van der Waals surface area contributed by atoms with Crippen molar-refractivity contribution in [2.75, 3.05) is 6.54 Å². The summed E-state index contributed by atoms with van der Waals surface area (Å²) in [6.07, 6.45) is 3.19. The summed E-state index contributed by atoms with van der Waals surface area (Å²) in [5.41, 5.74) is 4.72. The van der Waals surface area contributed by atoms with E-state index in [9.17, 15) is 9.59 Å². The van der Waals surface area contributed by atoms with Gasteiger partial charge in [-0.2, -0.15) is 5.10 Å². The van der Waals surface area contributed by atoms with Gasteiger partial charge in [0.15, 0.2) is 5.78 Å². The summed E-state index contributed by atoms with van der Waals surface area (Å²) in [5.74, 6) is -0.0294. The van der Waals surface area contributed by atoms with Crippen molar-refractivity contribution in [2.24, 2.45) is 0 Å². The van der Waals surface area contributed by atoms with Crippen LogP contribution in [0, 0.1) is 13.8 Å². The molecule has 142 valence electrons. The molecule has 0 aliphatic carbocycles. The maximum absolute atomic E-state index is 12.9. The van der Waals surface area contributed by atoms with E-state index >= 15 is 0 Å². The third-order valence-electron chi connectivity index (χ3n) is 5.10. The molecule has 1 amide bonds. The second-order valence-corrected chi connectivity index (χ2v) is 6.90. The summed E-state index contributed by atoms with van der Waals surface area (Å²) >= 11 is 0. The molecule has 27 heavy (non-hydrogen) atoms. The van der Waals surface area contributed by atoms with Crippen LogP contribution in [-0.2, 0) is 11.2 Å². The summed E-state index contributed by atoms with van der Waals surface area (Å²) in [6.45, 7) is 8.04.